The van der Waals surface area contributed by atoms with Gasteiger partial charge in [0.1, 0.15) is 10.5 Å². The lowest BCUT2D eigenvalue weighted by atomic mass is 10.00. The number of thiophene rings is 1. The molecule has 1 aliphatic rings. The number of piperidine rings is 1. The van der Waals surface area contributed by atoms with Gasteiger partial charge in [0, 0.05) is 42.2 Å². The first kappa shape index (κ1) is 21.3. The molecule has 1 amide bonds. The number of rotatable bonds is 7. The van der Waals surface area contributed by atoms with E-state index in [2.05, 4.69) is 22.2 Å². The van der Waals surface area contributed by atoms with Crippen LogP contribution in [0.4, 0.5) is 0 Å². The second-order valence-corrected chi connectivity index (χ2v) is 9.48. The predicted octanol–water partition coefficient (Wildman–Crippen LogP) is 5.34. The summed E-state index contributed by atoms with van der Waals surface area (Å²) in [7, 11) is 1.92. The lowest BCUT2D eigenvalue weighted by molar-refractivity contribution is 0.0951. The molecule has 1 N–H and O–H groups in total. The topological polar surface area (TPSA) is 50.2 Å². The fourth-order valence-electron chi connectivity index (χ4n) is 4.36. The van der Waals surface area contributed by atoms with Crippen molar-refractivity contribution in [3.8, 4) is 11.3 Å². The van der Waals surface area contributed by atoms with E-state index in [9.17, 15) is 4.79 Å². The third-order valence-electron chi connectivity index (χ3n) is 5.98. The second-order valence-electron chi connectivity index (χ2n) is 8.01. The molecule has 7 heteroatoms. The fraction of sp³-hybridized carbons (Fsp3) is 0.478. The summed E-state index contributed by atoms with van der Waals surface area (Å²) in [5.74, 6) is 0.00365. The number of halogens is 1. The average Bonchev–Trinajstić information content (AvgIpc) is 3.33. The number of benzene rings is 1. The van der Waals surface area contributed by atoms with Gasteiger partial charge in [-0.15, -0.1) is 11.3 Å². The Morgan fingerprint density at radius 3 is 2.87 bits per heavy atom. The largest absolute Gasteiger partial charge is 0.351 e. The number of nitrogens with zero attached hydrogens (tertiary/aromatic N) is 3. The maximum atomic E-state index is 12.7. The minimum absolute atomic E-state index is 0.00365. The van der Waals surface area contributed by atoms with Crippen molar-refractivity contribution in [2.24, 2.45) is 7.05 Å². The van der Waals surface area contributed by atoms with Crippen LogP contribution in [0, 0.1) is 0 Å². The second kappa shape index (κ2) is 9.50. The SMILES string of the molecule is CC[C@H]1CCCCN1CCCNC(=O)c1cc2c(-c3ccc(Cl)cc3)nn(C)c2s1. The molecule has 1 fully saturated rings. The molecule has 0 radical (unpaired) electrons. The molecule has 5 nitrogen and oxygen atoms in total. The molecule has 0 spiro atoms. The standard InChI is InChI=1S/C23H29ClN4OS/c1-3-18-7-4-5-13-28(18)14-6-12-25-22(29)20-15-19-21(26-27(2)23(19)30-20)16-8-10-17(24)11-9-16/h8-11,15,18H,3-7,12-14H2,1-2H3,(H,25,29)/t18-/m0/s1. The van der Waals surface area contributed by atoms with Gasteiger partial charge in [-0.1, -0.05) is 37.1 Å². The Morgan fingerprint density at radius 2 is 2.10 bits per heavy atom. The van der Waals surface area contributed by atoms with Crippen molar-refractivity contribution in [2.45, 2.75) is 45.1 Å². The molecule has 0 unspecified atom stereocenters. The van der Waals surface area contributed by atoms with Gasteiger partial charge in [-0.3, -0.25) is 9.48 Å². The highest BCUT2D eigenvalue weighted by atomic mass is 35.5. The maximum absolute atomic E-state index is 12.7. The van der Waals surface area contributed by atoms with Gasteiger partial charge in [-0.05, 0) is 50.4 Å². The first-order valence-corrected chi connectivity index (χ1v) is 12.0. The number of amides is 1. The Morgan fingerprint density at radius 1 is 1.30 bits per heavy atom. The molecule has 3 aromatic rings. The molecule has 160 valence electrons. The van der Waals surface area contributed by atoms with Gasteiger partial charge in [0.25, 0.3) is 5.91 Å². The van der Waals surface area contributed by atoms with Crippen molar-refractivity contribution in [3.63, 3.8) is 0 Å². The smallest absolute Gasteiger partial charge is 0.261 e. The van der Waals surface area contributed by atoms with Crippen molar-refractivity contribution < 1.29 is 4.79 Å². The molecule has 0 saturated carbocycles. The maximum Gasteiger partial charge on any atom is 0.261 e. The third kappa shape index (κ3) is 4.56. The normalized spacial score (nSPS) is 17.5. The highest BCUT2D eigenvalue weighted by Gasteiger charge is 2.21. The number of likely N-dealkylation sites (tertiary alicyclic amines) is 1. The zero-order chi connectivity index (χ0) is 21.1. The first-order valence-electron chi connectivity index (χ1n) is 10.8. The van der Waals surface area contributed by atoms with Crippen LogP contribution in [-0.4, -0.2) is 46.3 Å². The lowest BCUT2D eigenvalue weighted by Gasteiger charge is -2.35. The van der Waals surface area contributed by atoms with Crippen molar-refractivity contribution in [3.05, 3.63) is 40.2 Å². The molecule has 0 aliphatic carbocycles. The van der Waals surface area contributed by atoms with Crippen LogP contribution in [0.15, 0.2) is 30.3 Å². The van der Waals surface area contributed by atoms with E-state index in [4.69, 9.17) is 11.6 Å². The van der Waals surface area contributed by atoms with E-state index < -0.39 is 0 Å². The molecular formula is C23H29ClN4OS. The van der Waals surface area contributed by atoms with Crippen LogP contribution in [0.5, 0.6) is 0 Å². The molecule has 1 atom stereocenters. The van der Waals surface area contributed by atoms with Gasteiger partial charge in [-0.2, -0.15) is 5.10 Å². The van der Waals surface area contributed by atoms with Crippen molar-refractivity contribution in [2.75, 3.05) is 19.6 Å². The van der Waals surface area contributed by atoms with Crippen LogP contribution in [-0.2, 0) is 7.05 Å². The van der Waals surface area contributed by atoms with E-state index in [1.54, 1.807) is 0 Å². The van der Waals surface area contributed by atoms with Crippen LogP contribution in [0.3, 0.4) is 0 Å². The number of aromatic nitrogens is 2. The quantitative estimate of drug-likeness (QED) is 0.500. The Bertz CT molecular complexity index is 1010. The molecule has 4 rings (SSSR count). The van der Waals surface area contributed by atoms with Gasteiger partial charge in [0.05, 0.1) is 4.88 Å². The Kier molecular flexibility index (Phi) is 6.76. The number of nitrogens with one attached hydrogen (secondary N) is 1. The summed E-state index contributed by atoms with van der Waals surface area (Å²) in [6.07, 6.45) is 6.18. The van der Waals surface area contributed by atoms with Crippen LogP contribution >= 0.6 is 22.9 Å². The van der Waals surface area contributed by atoms with E-state index in [0.29, 0.717) is 11.6 Å². The minimum Gasteiger partial charge on any atom is -0.351 e. The van der Waals surface area contributed by atoms with Gasteiger partial charge in [0.15, 0.2) is 0 Å². The van der Waals surface area contributed by atoms with E-state index >= 15 is 0 Å². The highest BCUT2D eigenvalue weighted by Crippen LogP contribution is 2.34. The Balaban J connectivity index is 1.39. The van der Waals surface area contributed by atoms with E-state index in [0.717, 1.165) is 45.4 Å². The summed E-state index contributed by atoms with van der Waals surface area (Å²) in [5, 5.41) is 9.45. The van der Waals surface area contributed by atoms with Crippen LogP contribution < -0.4 is 5.32 Å². The van der Waals surface area contributed by atoms with Crippen molar-refractivity contribution >= 4 is 39.1 Å². The third-order valence-corrected chi connectivity index (χ3v) is 7.43. The predicted molar refractivity (Wildman–Crippen MR) is 125 cm³/mol. The summed E-state index contributed by atoms with van der Waals surface area (Å²) < 4.78 is 1.85. The van der Waals surface area contributed by atoms with Crippen LogP contribution in [0.25, 0.3) is 21.5 Å². The van der Waals surface area contributed by atoms with Gasteiger partial charge in [0.2, 0.25) is 0 Å². The summed E-state index contributed by atoms with van der Waals surface area (Å²) in [5.41, 5.74) is 1.89. The average molecular weight is 445 g/mol. The first-order chi connectivity index (χ1) is 14.6. The summed E-state index contributed by atoms with van der Waals surface area (Å²) >= 11 is 7.51. The van der Waals surface area contributed by atoms with Gasteiger partial charge in [-0.25, -0.2) is 0 Å². The zero-order valence-corrected chi connectivity index (χ0v) is 19.2. The highest BCUT2D eigenvalue weighted by molar-refractivity contribution is 7.20. The van der Waals surface area contributed by atoms with Crippen LogP contribution in [0.2, 0.25) is 5.02 Å². The molecule has 30 heavy (non-hydrogen) atoms. The number of carbonyl (C=O) groups is 1. The number of fused-ring (bicyclic) bond motifs is 1. The number of hydrogen-bond acceptors (Lipinski definition) is 4. The number of carbonyl (C=O) groups excluding carboxylic acids is 1. The summed E-state index contributed by atoms with van der Waals surface area (Å²) in [6, 6.07) is 10.3. The van der Waals surface area contributed by atoms with Crippen molar-refractivity contribution in [1.29, 1.82) is 0 Å². The fourth-order valence-corrected chi connectivity index (χ4v) is 5.48. The summed E-state index contributed by atoms with van der Waals surface area (Å²) in [4.78, 5) is 17.1. The van der Waals surface area contributed by atoms with Crippen LogP contribution in [0.1, 0.15) is 48.7 Å². The van der Waals surface area contributed by atoms with E-state index in [1.165, 1.54) is 43.6 Å². The monoisotopic (exact) mass is 444 g/mol. The molecule has 1 aliphatic heterocycles. The summed E-state index contributed by atoms with van der Waals surface area (Å²) in [6.45, 7) is 5.25. The van der Waals surface area contributed by atoms with E-state index in [1.807, 2.05) is 42.1 Å². The zero-order valence-electron chi connectivity index (χ0n) is 17.7. The molecule has 2 aromatic heterocycles. The molecular weight excluding hydrogens is 416 g/mol. The number of hydrogen-bond donors (Lipinski definition) is 1. The molecule has 1 saturated heterocycles. The van der Waals surface area contributed by atoms with Crippen molar-refractivity contribution in [1.82, 2.24) is 20.0 Å². The van der Waals surface area contributed by atoms with Gasteiger partial charge >= 0.3 is 0 Å². The Labute approximate surface area is 187 Å². The molecule has 0 bridgehead atoms. The lowest BCUT2D eigenvalue weighted by Crippen LogP contribution is -2.40. The van der Waals surface area contributed by atoms with E-state index in [-0.39, 0.29) is 5.91 Å². The minimum atomic E-state index is 0.00365. The number of aryl methyl sites for hydroxylation is 1. The molecule has 1 aromatic carbocycles. The molecule has 3 heterocycles. The Hall–Kier alpha value is -1.89. The van der Waals surface area contributed by atoms with Gasteiger partial charge < -0.3 is 10.2 Å².